The molecular formula is C16H17F2N3O2. The molecule has 1 aromatic heterocycles. The van der Waals surface area contributed by atoms with Crippen molar-refractivity contribution < 1.29 is 13.5 Å². The van der Waals surface area contributed by atoms with Crippen molar-refractivity contribution in [1.29, 1.82) is 0 Å². The molecule has 0 saturated carbocycles. The van der Waals surface area contributed by atoms with E-state index in [0.717, 1.165) is 18.2 Å². The Hall–Kier alpha value is -2.44. The molecule has 1 aliphatic heterocycles. The van der Waals surface area contributed by atoms with Crippen molar-refractivity contribution in [3.05, 3.63) is 51.9 Å². The molecule has 0 amide bonds. The minimum absolute atomic E-state index is 0.0704. The zero-order valence-corrected chi connectivity index (χ0v) is 13.1. The number of hydrogen-bond acceptors (Lipinski definition) is 4. The molecule has 7 heteroatoms. The first-order chi connectivity index (χ1) is 10.8. The van der Waals surface area contributed by atoms with Gasteiger partial charge in [-0.1, -0.05) is 0 Å². The van der Waals surface area contributed by atoms with Gasteiger partial charge in [0.1, 0.15) is 24.1 Å². The Morgan fingerprint density at radius 3 is 2.78 bits per heavy atom. The van der Waals surface area contributed by atoms with Gasteiger partial charge in [-0.2, -0.15) is 4.98 Å². The largest absolute Gasteiger partial charge is 0.472 e. The van der Waals surface area contributed by atoms with E-state index in [0.29, 0.717) is 12.4 Å². The zero-order valence-electron chi connectivity index (χ0n) is 13.1. The van der Waals surface area contributed by atoms with Gasteiger partial charge in [0.25, 0.3) is 0 Å². The second-order valence-electron chi connectivity index (χ2n) is 6.22. The van der Waals surface area contributed by atoms with Crippen LogP contribution in [0, 0.1) is 11.6 Å². The van der Waals surface area contributed by atoms with Gasteiger partial charge in [-0.05, 0) is 32.0 Å². The lowest BCUT2D eigenvalue weighted by Gasteiger charge is -2.28. The maximum Gasteiger partial charge on any atom is 0.352 e. The highest BCUT2D eigenvalue weighted by Gasteiger charge is 2.34. The summed E-state index contributed by atoms with van der Waals surface area (Å²) in [7, 11) is 1.88. The monoisotopic (exact) mass is 321 g/mol. The Morgan fingerprint density at radius 2 is 2.04 bits per heavy atom. The standard InChI is InChI=1S/C16H17F2N3O2/c1-16(2)9-21-14(20(16)3)7-13(19-15(21)22)23-8-10-6-11(17)4-5-12(10)18/h4-7H,8-9H2,1-3H3. The van der Waals surface area contributed by atoms with E-state index in [1.54, 1.807) is 10.6 Å². The molecule has 1 aromatic carbocycles. The number of nitrogens with zero attached hydrogens (tertiary/aromatic N) is 3. The van der Waals surface area contributed by atoms with Crippen LogP contribution in [0.2, 0.25) is 0 Å². The smallest absolute Gasteiger partial charge is 0.352 e. The van der Waals surface area contributed by atoms with Crippen LogP contribution in [0.25, 0.3) is 0 Å². The van der Waals surface area contributed by atoms with Gasteiger partial charge < -0.3 is 9.64 Å². The summed E-state index contributed by atoms with van der Waals surface area (Å²) in [5, 5.41) is 0. The Balaban J connectivity index is 1.86. The second-order valence-corrected chi connectivity index (χ2v) is 6.22. The van der Waals surface area contributed by atoms with E-state index in [9.17, 15) is 13.6 Å². The van der Waals surface area contributed by atoms with Gasteiger partial charge in [0.15, 0.2) is 0 Å². The van der Waals surface area contributed by atoms with Crippen LogP contribution in [0.1, 0.15) is 19.4 Å². The number of likely N-dealkylation sites (N-methyl/N-ethyl adjacent to an activating group) is 1. The highest BCUT2D eigenvalue weighted by molar-refractivity contribution is 5.47. The molecule has 3 rings (SSSR count). The summed E-state index contributed by atoms with van der Waals surface area (Å²) in [6.45, 7) is 4.36. The van der Waals surface area contributed by atoms with Gasteiger partial charge in [0.2, 0.25) is 5.88 Å². The third kappa shape index (κ3) is 2.78. The van der Waals surface area contributed by atoms with Gasteiger partial charge in [-0.25, -0.2) is 13.6 Å². The number of rotatable bonds is 3. The van der Waals surface area contributed by atoms with E-state index >= 15 is 0 Å². The minimum atomic E-state index is -0.567. The lowest BCUT2D eigenvalue weighted by Crippen LogP contribution is -2.38. The molecule has 0 bridgehead atoms. The molecule has 0 radical (unpaired) electrons. The molecule has 2 aromatic rings. The van der Waals surface area contributed by atoms with E-state index in [-0.39, 0.29) is 23.6 Å². The van der Waals surface area contributed by atoms with Crippen molar-refractivity contribution in [3.8, 4) is 5.88 Å². The lowest BCUT2D eigenvalue weighted by atomic mass is 10.1. The molecule has 0 aliphatic carbocycles. The zero-order chi connectivity index (χ0) is 16.8. The first-order valence-corrected chi connectivity index (χ1v) is 7.20. The highest BCUT2D eigenvalue weighted by Crippen LogP contribution is 2.31. The van der Waals surface area contributed by atoms with Crippen LogP contribution in [0.5, 0.6) is 5.88 Å². The van der Waals surface area contributed by atoms with E-state index in [1.165, 1.54) is 0 Å². The highest BCUT2D eigenvalue weighted by atomic mass is 19.1. The summed E-state index contributed by atoms with van der Waals surface area (Å²) in [5.74, 6) is -0.338. The van der Waals surface area contributed by atoms with Crippen LogP contribution in [0.3, 0.4) is 0 Å². The van der Waals surface area contributed by atoms with Crippen LogP contribution in [0.4, 0.5) is 14.6 Å². The molecule has 0 unspecified atom stereocenters. The fourth-order valence-corrected chi connectivity index (χ4v) is 2.58. The van der Waals surface area contributed by atoms with Crippen LogP contribution in [-0.4, -0.2) is 22.1 Å². The van der Waals surface area contributed by atoms with Crippen LogP contribution >= 0.6 is 0 Å². The van der Waals surface area contributed by atoms with Gasteiger partial charge in [0.05, 0.1) is 12.1 Å². The Morgan fingerprint density at radius 1 is 1.30 bits per heavy atom. The van der Waals surface area contributed by atoms with Crippen molar-refractivity contribution in [1.82, 2.24) is 9.55 Å². The number of ether oxygens (including phenoxy) is 1. The predicted molar refractivity (Wildman–Crippen MR) is 81.7 cm³/mol. The quantitative estimate of drug-likeness (QED) is 0.870. The summed E-state index contributed by atoms with van der Waals surface area (Å²) in [6, 6.07) is 4.77. The molecule has 0 saturated heterocycles. The number of benzene rings is 1. The van der Waals surface area contributed by atoms with E-state index in [2.05, 4.69) is 4.98 Å². The van der Waals surface area contributed by atoms with Gasteiger partial charge in [0, 0.05) is 18.7 Å². The van der Waals surface area contributed by atoms with Crippen LogP contribution in [-0.2, 0) is 13.2 Å². The third-order valence-electron chi connectivity index (χ3n) is 4.15. The van der Waals surface area contributed by atoms with Crippen LogP contribution < -0.4 is 15.3 Å². The molecule has 0 fully saturated rings. The van der Waals surface area contributed by atoms with Gasteiger partial charge in [-0.15, -0.1) is 0 Å². The normalized spacial score (nSPS) is 15.6. The maximum atomic E-state index is 13.6. The maximum absolute atomic E-state index is 13.6. The lowest BCUT2D eigenvalue weighted by molar-refractivity contribution is 0.285. The summed E-state index contributed by atoms with van der Waals surface area (Å²) < 4.78 is 33.7. The molecule has 1 aliphatic rings. The molecule has 2 heterocycles. The number of aromatic nitrogens is 2. The molecule has 0 spiro atoms. The molecule has 0 N–H and O–H groups in total. The predicted octanol–water partition coefficient (Wildman–Crippen LogP) is 2.33. The summed E-state index contributed by atoms with van der Waals surface area (Å²) in [5.41, 5.74) is -0.558. The summed E-state index contributed by atoms with van der Waals surface area (Å²) >= 11 is 0. The molecule has 122 valence electrons. The Labute approximate surface area is 132 Å². The fraction of sp³-hybridized carbons (Fsp3) is 0.375. The Kier molecular flexibility index (Phi) is 3.58. The summed E-state index contributed by atoms with van der Waals surface area (Å²) in [6.07, 6.45) is 0. The average molecular weight is 321 g/mol. The van der Waals surface area contributed by atoms with Crippen molar-refractivity contribution in [2.45, 2.75) is 32.5 Å². The fourth-order valence-electron chi connectivity index (χ4n) is 2.58. The van der Waals surface area contributed by atoms with E-state index < -0.39 is 17.3 Å². The number of halogens is 2. The van der Waals surface area contributed by atoms with Gasteiger partial charge in [-0.3, -0.25) is 4.57 Å². The number of hydrogen-bond donors (Lipinski definition) is 0. The van der Waals surface area contributed by atoms with Gasteiger partial charge >= 0.3 is 5.69 Å². The molecular weight excluding hydrogens is 304 g/mol. The summed E-state index contributed by atoms with van der Waals surface area (Å²) in [4.78, 5) is 17.9. The molecule has 0 atom stereocenters. The van der Waals surface area contributed by atoms with Crippen molar-refractivity contribution >= 4 is 5.82 Å². The molecule has 5 nitrogen and oxygen atoms in total. The topological polar surface area (TPSA) is 47.4 Å². The third-order valence-corrected chi connectivity index (χ3v) is 4.15. The van der Waals surface area contributed by atoms with E-state index in [1.807, 2.05) is 25.8 Å². The number of fused-ring (bicyclic) bond motifs is 1. The first-order valence-electron chi connectivity index (χ1n) is 7.20. The van der Waals surface area contributed by atoms with Crippen molar-refractivity contribution in [2.24, 2.45) is 0 Å². The number of anilines is 1. The Bertz CT molecular complexity index is 817. The SMILES string of the molecule is CN1c2cc(OCc3cc(F)ccc3F)nc(=O)n2CC1(C)C. The molecule has 23 heavy (non-hydrogen) atoms. The second kappa shape index (κ2) is 5.33. The average Bonchev–Trinajstić information content (AvgIpc) is 2.72. The van der Waals surface area contributed by atoms with Crippen molar-refractivity contribution in [3.63, 3.8) is 0 Å². The van der Waals surface area contributed by atoms with Crippen LogP contribution in [0.15, 0.2) is 29.1 Å². The first kappa shape index (κ1) is 15.5. The minimum Gasteiger partial charge on any atom is -0.472 e. The van der Waals surface area contributed by atoms with E-state index in [4.69, 9.17) is 4.74 Å². The van der Waals surface area contributed by atoms with Crippen molar-refractivity contribution in [2.75, 3.05) is 11.9 Å².